The molecule has 0 spiro atoms. The second kappa shape index (κ2) is 3.56. The van der Waals surface area contributed by atoms with E-state index in [0.29, 0.717) is 6.61 Å². The number of carbonyl (C=O) groups is 1. The summed E-state index contributed by atoms with van der Waals surface area (Å²) in [5.74, 6) is -0.260. The highest BCUT2D eigenvalue weighted by Crippen LogP contribution is 2.14. The quantitative estimate of drug-likeness (QED) is 0.532. The van der Waals surface area contributed by atoms with Crippen molar-refractivity contribution in [2.45, 2.75) is 19.4 Å². The van der Waals surface area contributed by atoms with Crippen LogP contribution in [0.5, 0.6) is 0 Å². The van der Waals surface area contributed by atoms with Crippen molar-refractivity contribution in [1.82, 2.24) is 0 Å². The molecule has 0 unspecified atom stereocenters. The Hall–Kier alpha value is -0.570. The molecule has 0 amide bonds. The summed E-state index contributed by atoms with van der Waals surface area (Å²) in [6, 6.07) is 0. The summed E-state index contributed by atoms with van der Waals surface area (Å²) < 4.78 is 9.76. The van der Waals surface area contributed by atoms with Crippen LogP contribution in [0.1, 0.15) is 13.3 Å². The topological polar surface area (TPSA) is 35.5 Å². The Morgan fingerprint density at radius 2 is 2.70 bits per heavy atom. The van der Waals surface area contributed by atoms with Gasteiger partial charge in [-0.3, -0.25) is 4.79 Å². The molecule has 1 aliphatic rings. The van der Waals surface area contributed by atoms with Crippen LogP contribution in [-0.4, -0.2) is 18.7 Å². The number of ether oxygens (including phenoxy) is 2. The van der Waals surface area contributed by atoms with Crippen LogP contribution in [0, 0.1) is 13.0 Å². The average molecular weight is 142 g/mol. The summed E-state index contributed by atoms with van der Waals surface area (Å²) in [6.07, 6.45) is 2.78. The number of hydrogen-bond acceptors (Lipinski definition) is 3. The Labute approximate surface area is 60.3 Å². The molecule has 0 aromatic heterocycles. The average Bonchev–Trinajstić information content (AvgIpc) is 2.34. The third-order valence-electron chi connectivity index (χ3n) is 1.22. The summed E-state index contributed by atoms with van der Waals surface area (Å²) in [6.45, 7) is 3.43. The molecule has 56 valence electrons. The lowest BCUT2D eigenvalue weighted by Crippen LogP contribution is -2.15. The highest BCUT2D eigenvalue weighted by Gasteiger charge is 2.16. The third kappa shape index (κ3) is 2.35. The lowest BCUT2D eigenvalue weighted by molar-refractivity contribution is -0.143. The summed E-state index contributed by atoms with van der Waals surface area (Å²) in [7, 11) is 0. The minimum absolute atomic E-state index is 0.0242. The summed E-state index contributed by atoms with van der Waals surface area (Å²) in [5.41, 5.74) is 0. The van der Waals surface area contributed by atoms with Gasteiger partial charge in [0.1, 0.15) is 6.61 Å². The highest BCUT2D eigenvalue weighted by atomic mass is 16.6. The van der Waals surface area contributed by atoms with Crippen LogP contribution in [0.4, 0.5) is 0 Å². The van der Waals surface area contributed by atoms with Crippen molar-refractivity contribution in [3.63, 3.8) is 0 Å². The van der Waals surface area contributed by atoms with Gasteiger partial charge in [-0.1, -0.05) is 0 Å². The first-order valence-corrected chi connectivity index (χ1v) is 3.23. The van der Waals surface area contributed by atoms with Gasteiger partial charge in [0.25, 0.3) is 0 Å². The van der Waals surface area contributed by atoms with Crippen LogP contribution in [0.25, 0.3) is 0 Å². The van der Waals surface area contributed by atoms with Crippen LogP contribution in [-0.2, 0) is 14.3 Å². The monoisotopic (exact) mass is 142 g/mol. The standard InChI is InChI=1S/C7H10O3/c1-6(8)10-5-7-3-2-4-9-7/h3-4,7H,2,5H2,1H3/t7-/m1/s1. The zero-order valence-electron chi connectivity index (χ0n) is 5.87. The van der Waals surface area contributed by atoms with E-state index >= 15 is 0 Å². The molecule has 10 heavy (non-hydrogen) atoms. The first-order valence-electron chi connectivity index (χ1n) is 3.23. The molecule has 0 aromatic carbocycles. The molecule has 2 radical (unpaired) electrons. The van der Waals surface area contributed by atoms with E-state index in [4.69, 9.17) is 9.47 Å². The van der Waals surface area contributed by atoms with E-state index in [0.717, 1.165) is 6.42 Å². The van der Waals surface area contributed by atoms with E-state index in [9.17, 15) is 4.79 Å². The van der Waals surface area contributed by atoms with Crippen molar-refractivity contribution < 1.29 is 14.3 Å². The van der Waals surface area contributed by atoms with E-state index in [1.807, 2.05) is 6.42 Å². The molecule has 1 rings (SSSR count). The second-order valence-electron chi connectivity index (χ2n) is 2.12. The summed E-state index contributed by atoms with van der Waals surface area (Å²) >= 11 is 0. The molecule has 1 saturated heterocycles. The van der Waals surface area contributed by atoms with Crippen LogP contribution in [0.3, 0.4) is 0 Å². The smallest absolute Gasteiger partial charge is 0.302 e. The minimum Gasteiger partial charge on any atom is -0.463 e. The molecule has 3 heteroatoms. The van der Waals surface area contributed by atoms with Gasteiger partial charge in [-0.15, -0.1) is 0 Å². The predicted molar refractivity (Wildman–Crippen MR) is 34.7 cm³/mol. The van der Waals surface area contributed by atoms with E-state index in [-0.39, 0.29) is 12.1 Å². The summed E-state index contributed by atoms with van der Waals surface area (Å²) in [5, 5.41) is 0. The van der Waals surface area contributed by atoms with Gasteiger partial charge in [-0.25, -0.2) is 0 Å². The van der Waals surface area contributed by atoms with E-state index in [2.05, 4.69) is 0 Å². The fourth-order valence-electron chi connectivity index (χ4n) is 0.749. The number of rotatable bonds is 2. The fraction of sp³-hybridized carbons (Fsp3) is 0.571. The van der Waals surface area contributed by atoms with Gasteiger partial charge in [0.15, 0.2) is 0 Å². The molecule has 1 atom stereocenters. The molecule has 1 fully saturated rings. The van der Waals surface area contributed by atoms with Crippen molar-refractivity contribution in [3.05, 3.63) is 13.0 Å². The van der Waals surface area contributed by atoms with Gasteiger partial charge in [0.2, 0.25) is 0 Å². The van der Waals surface area contributed by atoms with Gasteiger partial charge >= 0.3 is 5.97 Å². The van der Waals surface area contributed by atoms with Crippen molar-refractivity contribution >= 4 is 5.97 Å². The van der Waals surface area contributed by atoms with E-state index < -0.39 is 0 Å². The predicted octanol–water partition coefficient (Wildman–Crippen LogP) is 0.704. The maximum Gasteiger partial charge on any atom is 0.302 e. The lowest BCUT2D eigenvalue weighted by Gasteiger charge is -2.07. The van der Waals surface area contributed by atoms with Crippen LogP contribution >= 0.6 is 0 Å². The van der Waals surface area contributed by atoms with Gasteiger partial charge in [-0.05, 0) is 12.8 Å². The van der Waals surface area contributed by atoms with Crippen molar-refractivity contribution in [2.75, 3.05) is 6.61 Å². The molecule has 0 bridgehead atoms. The van der Waals surface area contributed by atoms with E-state index in [1.54, 1.807) is 6.61 Å². The SMILES string of the molecule is CC(=O)OC[C@H]1[CH]C[CH]O1. The maximum atomic E-state index is 10.3. The zero-order valence-corrected chi connectivity index (χ0v) is 5.87. The first kappa shape index (κ1) is 7.54. The van der Waals surface area contributed by atoms with Gasteiger partial charge in [-0.2, -0.15) is 0 Å². The molecule has 0 aliphatic carbocycles. The van der Waals surface area contributed by atoms with Crippen LogP contribution < -0.4 is 0 Å². The maximum absolute atomic E-state index is 10.3. The van der Waals surface area contributed by atoms with Crippen molar-refractivity contribution in [1.29, 1.82) is 0 Å². The summed E-state index contributed by atoms with van der Waals surface area (Å²) in [4.78, 5) is 10.3. The van der Waals surface area contributed by atoms with Crippen molar-refractivity contribution in [2.24, 2.45) is 0 Å². The number of carbonyl (C=O) groups excluding carboxylic acids is 1. The molecule has 0 N–H and O–H groups in total. The fourth-order valence-corrected chi connectivity index (χ4v) is 0.749. The lowest BCUT2D eigenvalue weighted by atomic mass is 10.2. The van der Waals surface area contributed by atoms with Gasteiger partial charge < -0.3 is 9.47 Å². The van der Waals surface area contributed by atoms with Gasteiger partial charge in [0.05, 0.1) is 12.7 Å². The third-order valence-corrected chi connectivity index (χ3v) is 1.22. The Morgan fingerprint density at radius 3 is 3.20 bits per heavy atom. The number of esters is 1. The molecular formula is C7H10O3. The molecule has 0 saturated carbocycles. The Kier molecular flexibility index (Phi) is 2.68. The largest absolute Gasteiger partial charge is 0.463 e. The Balaban J connectivity index is 2.07. The normalized spacial score (nSPS) is 24.7. The van der Waals surface area contributed by atoms with Crippen LogP contribution in [0.15, 0.2) is 0 Å². The van der Waals surface area contributed by atoms with Gasteiger partial charge in [0, 0.05) is 6.92 Å². The van der Waals surface area contributed by atoms with Crippen molar-refractivity contribution in [3.8, 4) is 0 Å². The molecular weight excluding hydrogens is 132 g/mol. The van der Waals surface area contributed by atoms with Crippen LogP contribution in [0.2, 0.25) is 0 Å². The first-order chi connectivity index (χ1) is 4.79. The number of hydrogen-bond donors (Lipinski definition) is 0. The molecule has 1 heterocycles. The highest BCUT2D eigenvalue weighted by molar-refractivity contribution is 5.65. The molecule has 3 nitrogen and oxygen atoms in total. The van der Waals surface area contributed by atoms with E-state index in [1.165, 1.54) is 6.92 Å². The zero-order chi connectivity index (χ0) is 7.40. The second-order valence-corrected chi connectivity index (χ2v) is 2.12. The molecule has 0 aromatic rings. The minimum atomic E-state index is -0.260. The molecule has 1 aliphatic heterocycles. The Bertz CT molecular complexity index is 116. The Morgan fingerprint density at radius 1 is 1.90 bits per heavy atom.